The van der Waals surface area contributed by atoms with Gasteiger partial charge in [0.1, 0.15) is 0 Å². The van der Waals surface area contributed by atoms with E-state index in [-0.39, 0.29) is 0 Å². The summed E-state index contributed by atoms with van der Waals surface area (Å²) in [4.78, 5) is 1.02. The van der Waals surface area contributed by atoms with Crippen molar-refractivity contribution in [3.05, 3.63) is 46.2 Å². The molecular weight excluding hydrogens is 284 g/mol. The van der Waals surface area contributed by atoms with Crippen molar-refractivity contribution in [2.75, 3.05) is 13.7 Å². The van der Waals surface area contributed by atoms with Crippen LogP contribution in [0.25, 0.3) is 0 Å². The summed E-state index contributed by atoms with van der Waals surface area (Å²) < 4.78 is 11.0. The third kappa shape index (κ3) is 4.48. The Labute approximate surface area is 130 Å². The Morgan fingerprint density at radius 2 is 2.10 bits per heavy atom. The fourth-order valence-electron chi connectivity index (χ4n) is 2.13. The van der Waals surface area contributed by atoms with Crippen molar-refractivity contribution in [2.45, 2.75) is 32.3 Å². The molecular formula is C17H22O3S. The van der Waals surface area contributed by atoms with Gasteiger partial charge in [0.2, 0.25) is 0 Å². The Morgan fingerprint density at radius 3 is 2.76 bits per heavy atom. The third-order valence-electron chi connectivity index (χ3n) is 3.27. The molecule has 3 nitrogen and oxygen atoms in total. The third-order valence-corrected chi connectivity index (χ3v) is 4.24. The van der Waals surface area contributed by atoms with Gasteiger partial charge in [0.05, 0.1) is 19.8 Å². The van der Waals surface area contributed by atoms with Gasteiger partial charge in [-0.2, -0.15) is 0 Å². The van der Waals surface area contributed by atoms with Crippen LogP contribution >= 0.6 is 11.3 Å². The standard InChI is InChI=1S/C17H22O3S/c1-3-10-20-16-12-13(7-9-15(16)19-2)6-8-14(18)17-5-4-11-21-17/h4-5,7,9,11-12,14,18H,3,6,8,10H2,1-2H3. The Bertz CT molecular complexity index is 537. The van der Waals surface area contributed by atoms with Crippen molar-refractivity contribution < 1.29 is 14.6 Å². The van der Waals surface area contributed by atoms with E-state index in [1.54, 1.807) is 18.4 Å². The summed E-state index contributed by atoms with van der Waals surface area (Å²) >= 11 is 1.59. The minimum absolute atomic E-state index is 0.396. The predicted octanol–water partition coefficient (Wildman–Crippen LogP) is 4.21. The van der Waals surface area contributed by atoms with Crippen LogP contribution in [0.4, 0.5) is 0 Å². The predicted molar refractivity (Wildman–Crippen MR) is 86.4 cm³/mol. The number of methoxy groups -OCH3 is 1. The van der Waals surface area contributed by atoms with Crippen molar-refractivity contribution in [3.63, 3.8) is 0 Å². The van der Waals surface area contributed by atoms with Gasteiger partial charge in [-0.25, -0.2) is 0 Å². The zero-order valence-electron chi connectivity index (χ0n) is 12.5. The van der Waals surface area contributed by atoms with Crippen LogP contribution in [0.3, 0.4) is 0 Å². The van der Waals surface area contributed by atoms with Gasteiger partial charge in [0.15, 0.2) is 11.5 Å². The Hall–Kier alpha value is -1.52. The summed E-state index contributed by atoms with van der Waals surface area (Å²) in [6.07, 6.45) is 2.09. The van der Waals surface area contributed by atoms with Crippen molar-refractivity contribution in [2.24, 2.45) is 0 Å². The van der Waals surface area contributed by atoms with Gasteiger partial charge in [-0.1, -0.05) is 19.1 Å². The maximum atomic E-state index is 10.1. The minimum atomic E-state index is -0.396. The van der Waals surface area contributed by atoms with Crippen molar-refractivity contribution >= 4 is 11.3 Å². The van der Waals surface area contributed by atoms with Crippen LogP contribution in [0.5, 0.6) is 11.5 Å². The topological polar surface area (TPSA) is 38.7 Å². The number of hydrogen-bond donors (Lipinski definition) is 1. The summed E-state index contributed by atoms with van der Waals surface area (Å²) in [5.74, 6) is 1.54. The number of hydrogen-bond acceptors (Lipinski definition) is 4. The molecule has 0 aliphatic carbocycles. The maximum Gasteiger partial charge on any atom is 0.161 e. The molecule has 0 saturated heterocycles. The molecule has 0 radical (unpaired) electrons. The smallest absolute Gasteiger partial charge is 0.161 e. The lowest BCUT2D eigenvalue weighted by atomic mass is 10.1. The highest BCUT2D eigenvalue weighted by atomic mass is 32.1. The van der Waals surface area contributed by atoms with E-state index >= 15 is 0 Å². The molecule has 0 aliphatic heterocycles. The molecule has 4 heteroatoms. The van der Waals surface area contributed by atoms with Crippen LogP contribution in [0.15, 0.2) is 35.7 Å². The largest absolute Gasteiger partial charge is 0.493 e. The van der Waals surface area contributed by atoms with E-state index in [4.69, 9.17) is 9.47 Å². The van der Waals surface area contributed by atoms with Gasteiger partial charge >= 0.3 is 0 Å². The minimum Gasteiger partial charge on any atom is -0.493 e. The van der Waals surface area contributed by atoms with E-state index in [0.29, 0.717) is 13.0 Å². The molecule has 0 bridgehead atoms. The van der Waals surface area contributed by atoms with E-state index in [2.05, 4.69) is 6.92 Å². The van der Waals surface area contributed by atoms with Gasteiger partial charge in [0, 0.05) is 4.88 Å². The summed E-state index contributed by atoms with van der Waals surface area (Å²) in [6, 6.07) is 9.90. The Morgan fingerprint density at radius 1 is 1.24 bits per heavy atom. The highest BCUT2D eigenvalue weighted by Crippen LogP contribution is 2.30. The van der Waals surface area contributed by atoms with E-state index < -0.39 is 6.10 Å². The summed E-state index contributed by atoms with van der Waals surface area (Å²) in [5, 5.41) is 12.1. The summed E-state index contributed by atoms with van der Waals surface area (Å²) in [6.45, 7) is 2.76. The number of ether oxygens (including phenoxy) is 2. The van der Waals surface area contributed by atoms with Crippen LogP contribution in [0, 0.1) is 0 Å². The average Bonchev–Trinajstić information content (AvgIpc) is 3.05. The Kier molecular flexibility index (Phi) is 6.08. The lowest BCUT2D eigenvalue weighted by Gasteiger charge is -2.13. The molecule has 1 atom stereocenters. The molecule has 114 valence electrons. The molecule has 1 N–H and O–H groups in total. The van der Waals surface area contributed by atoms with E-state index in [9.17, 15) is 5.11 Å². The van der Waals surface area contributed by atoms with Crippen molar-refractivity contribution in [3.8, 4) is 11.5 Å². The molecule has 0 saturated carbocycles. The lowest BCUT2D eigenvalue weighted by Crippen LogP contribution is -2.00. The second kappa shape index (κ2) is 8.05. The zero-order valence-corrected chi connectivity index (χ0v) is 13.4. The van der Waals surface area contributed by atoms with Gasteiger partial charge in [-0.15, -0.1) is 11.3 Å². The first kappa shape index (κ1) is 15.9. The molecule has 1 heterocycles. The number of aliphatic hydroxyl groups excluding tert-OH is 1. The van der Waals surface area contributed by atoms with Crippen LogP contribution < -0.4 is 9.47 Å². The van der Waals surface area contributed by atoms with Crippen LogP contribution in [-0.2, 0) is 6.42 Å². The van der Waals surface area contributed by atoms with Crippen LogP contribution in [0.2, 0.25) is 0 Å². The normalized spacial score (nSPS) is 12.1. The quantitative estimate of drug-likeness (QED) is 0.794. The van der Waals surface area contributed by atoms with Crippen molar-refractivity contribution in [1.82, 2.24) is 0 Å². The molecule has 2 rings (SSSR count). The van der Waals surface area contributed by atoms with E-state index in [1.807, 2.05) is 35.7 Å². The fraction of sp³-hybridized carbons (Fsp3) is 0.412. The first-order valence-corrected chi connectivity index (χ1v) is 8.13. The van der Waals surface area contributed by atoms with Crippen LogP contribution in [-0.4, -0.2) is 18.8 Å². The molecule has 2 aromatic rings. The highest BCUT2D eigenvalue weighted by Gasteiger charge is 2.10. The second-order valence-corrected chi connectivity index (χ2v) is 5.88. The maximum absolute atomic E-state index is 10.1. The zero-order chi connectivity index (χ0) is 15.1. The van der Waals surface area contributed by atoms with Crippen LogP contribution in [0.1, 0.15) is 36.3 Å². The Balaban J connectivity index is 1.99. The van der Waals surface area contributed by atoms with Crippen molar-refractivity contribution in [1.29, 1.82) is 0 Å². The molecule has 0 spiro atoms. The molecule has 21 heavy (non-hydrogen) atoms. The number of aliphatic hydroxyl groups is 1. The first-order valence-electron chi connectivity index (χ1n) is 7.25. The van der Waals surface area contributed by atoms with Gasteiger partial charge in [0.25, 0.3) is 0 Å². The monoisotopic (exact) mass is 306 g/mol. The number of benzene rings is 1. The summed E-state index contributed by atoms with van der Waals surface area (Å²) in [7, 11) is 1.65. The summed E-state index contributed by atoms with van der Waals surface area (Å²) in [5.41, 5.74) is 1.15. The molecule has 1 unspecified atom stereocenters. The van der Waals surface area contributed by atoms with Gasteiger partial charge in [-0.3, -0.25) is 0 Å². The molecule has 0 amide bonds. The SMILES string of the molecule is CCCOc1cc(CCC(O)c2cccs2)ccc1OC. The second-order valence-electron chi connectivity index (χ2n) is 4.90. The number of thiophene rings is 1. The molecule has 1 aromatic heterocycles. The van der Waals surface area contributed by atoms with E-state index in [0.717, 1.165) is 34.8 Å². The first-order chi connectivity index (χ1) is 10.2. The molecule has 1 aromatic carbocycles. The molecule has 0 aliphatic rings. The molecule has 0 fully saturated rings. The fourth-order valence-corrected chi connectivity index (χ4v) is 2.87. The lowest BCUT2D eigenvalue weighted by molar-refractivity contribution is 0.171. The number of aryl methyl sites for hydroxylation is 1. The van der Waals surface area contributed by atoms with Gasteiger partial charge in [-0.05, 0) is 48.4 Å². The highest BCUT2D eigenvalue weighted by molar-refractivity contribution is 7.10. The van der Waals surface area contributed by atoms with E-state index in [1.165, 1.54) is 0 Å². The number of rotatable bonds is 8. The average molecular weight is 306 g/mol. The van der Waals surface area contributed by atoms with Gasteiger partial charge < -0.3 is 14.6 Å².